The van der Waals surface area contributed by atoms with Gasteiger partial charge in [-0.2, -0.15) is 0 Å². The summed E-state index contributed by atoms with van der Waals surface area (Å²) in [5.41, 5.74) is 0. The van der Waals surface area contributed by atoms with Crippen LogP contribution in [0.1, 0.15) is 19.8 Å². The minimum Gasteiger partial charge on any atom is -0.352 e. The lowest BCUT2D eigenvalue weighted by Crippen LogP contribution is -2.54. The first kappa shape index (κ1) is 17.7. The zero-order valence-corrected chi connectivity index (χ0v) is 15.0. The van der Waals surface area contributed by atoms with E-state index < -0.39 is 0 Å². The first-order valence-corrected chi connectivity index (χ1v) is 9.76. The van der Waals surface area contributed by atoms with E-state index in [2.05, 4.69) is 15.1 Å². The number of piperazine rings is 1. The molecule has 1 amide bonds. The van der Waals surface area contributed by atoms with Crippen molar-refractivity contribution in [3.05, 3.63) is 30.1 Å². The third kappa shape index (κ3) is 4.94. The number of nitrogens with zero attached hydrogens (tertiary/aromatic N) is 2. The number of amides is 1. The third-order valence-corrected chi connectivity index (χ3v) is 5.79. The zero-order chi connectivity index (χ0) is 16.9. The Labute approximate surface area is 147 Å². The Morgan fingerprint density at radius 3 is 2.67 bits per heavy atom. The summed E-state index contributed by atoms with van der Waals surface area (Å²) < 4.78 is 13.6. The first-order valence-electron chi connectivity index (χ1n) is 8.77. The summed E-state index contributed by atoms with van der Waals surface area (Å²) >= 11 is 1.57. The molecule has 1 aromatic rings. The third-order valence-electron chi connectivity index (χ3n) is 4.76. The maximum atomic E-state index is 13.6. The molecular formula is C18H26FN3OS. The van der Waals surface area contributed by atoms with Crippen LogP contribution in [0, 0.1) is 5.82 Å². The lowest BCUT2D eigenvalue weighted by Gasteiger charge is -2.37. The van der Waals surface area contributed by atoms with Gasteiger partial charge in [-0.25, -0.2) is 4.39 Å². The summed E-state index contributed by atoms with van der Waals surface area (Å²) in [5.74, 6) is 0.919. The molecule has 0 radical (unpaired) electrons. The van der Waals surface area contributed by atoms with Gasteiger partial charge in [0, 0.05) is 49.4 Å². The number of carbonyl (C=O) groups excluding carboxylic acids is 1. The maximum absolute atomic E-state index is 13.6. The van der Waals surface area contributed by atoms with Crippen LogP contribution in [0.4, 0.5) is 4.39 Å². The molecule has 1 N–H and O–H groups in total. The van der Waals surface area contributed by atoms with Gasteiger partial charge in [0.25, 0.3) is 0 Å². The van der Waals surface area contributed by atoms with Gasteiger partial charge in [0.15, 0.2) is 0 Å². The van der Waals surface area contributed by atoms with Gasteiger partial charge < -0.3 is 5.32 Å². The highest BCUT2D eigenvalue weighted by atomic mass is 32.2. The average Bonchev–Trinajstić information content (AvgIpc) is 3.40. The maximum Gasteiger partial charge on any atom is 0.237 e. The average molecular weight is 351 g/mol. The molecule has 0 bridgehead atoms. The van der Waals surface area contributed by atoms with Crippen LogP contribution in [0.5, 0.6) is 0 Å². The number of hydrogen-bond acceptors (Lipinski definition) is 4. The highest BCUT2D eigenvalue weighted by molar-refractivity contribution is 7.99. The SMILES string of the molecule is CC(C(=O)NC1CC1)N1CCN(CCSc2ccccc2F)CC1. The van der Waals surface area contributed by atoms with Crippen molar-refractivity contribution in [1.82, 2.24) is 15.1 Å². The quantitative estimate of drug-likeness (QED) is 0.764. The Bertz CT molecular complexity index is 559. The fourth-order valence-electron chi connectivity index (χ4n) is 2.94. The molecule has 1 aliphatic heterocycles. The number of hydrogen-bond donors (Lipinski definition) is 1. The van der Waals surface area contributed by atoms with Crippen LogP contribution in [-0.4, -0.2) is 66.3 Å². The van der Waals surface area contributed by atoms with Crippen molar-refractivity contribution in [1.29, 1.82) is 0 Å². The molecule has 0 spiro atoms. The molecule has 1 saturated heterocycles. The smallest absolute Gasteiger partial charge is 0.237 e. The van der Waals surface area contributed by atoms with E-state index in [-0.39, 0.29) is 17.8 Å². The summed E-state index contributed by atoms with van der Waals surface area (Å²) in [6.07, 6.45) is 2.26. The molecule has 4 nitrogen and oxygen atoms in total. The van der Waals surface area contributed by atoms with Crippen LogP contribution < -0.4 is 5.32 Å². The summed E-state index contributed by atoms with van der Waals surface area (Å²) in [7, 11) is 0. The molecule has 1 unspecified atom stereocenters. The Morgan fingerprint density at radius 1 is 1.29 bits per heavy atom. The van der Waals surface area contributed by atoms with Crippen molar-refractivity contribution in [2.45, 2.75) is 36.7 Å². The molecule has 1 atom stereocenters. The van der Waals surface area contributed by atoms with E-state index in [0.29, 0.717) is 6.04 Å². The molecule has 1 heterocycles. The van der Waals surface area contributed by atoms with Gasteiger partial charge in [-0.3, -0.25) is 14.6 Å². The van der Waals surface area contributed by atoms with Gasteiger partial charge in [-0.15, -0.1) is 11.8 Å². The number of rotatable bonds is 7. The van der Waals surface area contributed by atoms with E-state index in [4.69, 9.17) is 0 Å². The largest absolute Gasteiger partial charge is 0.352 e. The normalized spacial score (nSPS) is 20.8. The zero-order valence-electron chi connectivity index (χ0n) is 14.2. The van der Waals surface area contributed by atoms with Crippen molar-refractivity contribution in [2.75, 3.05) is 38.5 Å². The van der Waals surface area contributed by atoms with Gasteiger partial charge in [0.05, 0.1) is 6.04 Å². The van der Waals surface area contributed by atoms with Crippen LogP contribution in [0.2, 0.25) is 0 Å². The number of thioether (sulfide) groups is 1. The summed E-state index contributed by atoms with van der Waals surface area (Å²) in [6, 6.07) is 7.32. The Balaban J connectivity index is 1.35. The number of carbonyl (C=O) groups is 1. The Hall–Kier alpha value is -1.11. The van der Waals surface area contributed by atoms with Crippen LogP contribution in [0.3, 0.4) is 0 Å². The predicted octanol–water partition coefficient (Wildman–Crippen LogP) is 2.20. The Morgan fingerprint density at radius 2 is 2.00 bits per heavy atom. The van der Waals surface area contributed by atoms with Crippen molar-refractivity contribution < 1.29 is 9.18 Å². The number of nitrogens with one attached hydrogen (secondary N) is 1. The molecular weight excluding hydrogens is 325 g/mol. The minimum absolute atomic E-state index is 0.0412. The topological polar surface area (TPSA) is 35.6 Å². The van der Waals surface area contributed by atoms with E-state index in [0.717, 1.165) is 56.2 Å². The molecule has 132 valence electrons. The molecule has 0 aromatic heterocycles. The number of benzene rings is 1. The molecule has 1 aromatic carbocycles. The van der Waals surface area contributed by atoms with Gasteiger partial charge >= 0.3 is 0 Å². The van der Waals surface area contributed by atoms with E-state index >= 15 is 0 Å². The van der Waals surface area contributed by atoms with Crippen LogP contribution in [0.15, 0.2) is 29.2 Å². The molecule has 24 heavy (non-hydrogen) atoms. The Kier molecular flexibility index (Phi) is 6.14. The van der Waals surface area contributed by atoms with Gasteiger partial charge in [0.1, 0.15) is 5.82 Å². The predicted molar refractivity (Wildman–Crippen MR) is 95.8 cm³/mol. The van der Waals surface area contributed by atoms with Gasteiger partial charge in [-0.05, 0) is 31.9 Å². The van der Waals surface area contributed by atoms with Gasteiger partial charge in [-0.1, -0.05) is 12.1 Å². The summed E-state index contributed by atoms with van der Waals surface area (Å²) in [4.78, 5) is 17.5. The van der Waals surface area contributed by atoms with Crippen molar-refractivity contribution >= 4 is 17.7 Å². The second-order valence-electron chi connectivity index (χ2n) is 6.62. The lowest BCUT2D eigenvalue weighted by atomic mass is 10.2. The molecule has 1 aliphatic carbocycles. The second kappa shape index (κ2) is 8.32. The van der Waals surface area contributed by atoms with Crippen LogP contribution >= 0.6 is 11.8 Å². The molecule has 2 aliphatic rings. The van der Waals surface area contributed by atoms with Gasteiger partial charge in [0.2, 0.25) is 5.91 Å². The first-order chi connectivity index (χ1) is 11.6. The monoisotopic (exact) mass is 351 g/mol. The standard InChI is InChI=1S/C18H26FN3OS/c1-14(18(23)20-15-6-7-15)22-10-8-21(9-11-22)12-13-24-17-5-3-2-4-16(17)19/h2-5,14-15H,6-13H2,1H3,(H,20,23). The van der Waals surface area contributed by atoms with Crippen molar-refractivity contribution in [3.63, 3.8) is 0 Å². The van der Waals surface area contributed by atoms with Crippen molar-refractivity contribution in [2.24, 2.45) is 0 Å². The highest BCUT2D eigenvalue weighted by Crippen LogP contribution is 2.21. The summed E-state index contributed by atoms with van der Waals surface area (Å²) in [5, 5.41) is 3.09. The van der Waals surface area contributed by atoms with Crippen LogP contribution in [-0.2, 0) is 4.79 Å². The fourth-order valence-corrected chi connectivity index (χ4v) is 3.89. The van der Waals surface area contributed by atoms with Crippen LogP contribution in [0.25, 0.3) is 0 Å². The van der Waals surface area contributed by atoms with E-state index in [9.17, 15) is 9.18 Å². The number of halogens is 1. The van der Waals surface area contributed by atoms with E-state index in [1.54, 1.807) is 17.8 Å². The fraction of sp³-hybridized carbons (Fsp3) is 0.611. The minimum atomic E-state index is -0.136. The molecule has 6 heteroatoms. The second-order valence-corrected chi connectivity index (χ2v) is 7.75. The molecule has 3 rings (SSSR count). The molecule has 2 fully saturated rings. The lowest BCUT2D eigenvalue weighted by molar-refractivity contribution is -0.126. The molecule has 1 saturated carbocycles. The van der Waals surface area contributed by atoms with E-state index in [1.165, 1.54) is 6.07 Å². The van der Waals surface area contributed by atoms with E-state index in [1.807, 2.05) is 19.1 Å². The van der Waals surface area contributed by atoms with Crippen molar-refractivity contribution in [3.8, 4) is 0 Å². The highest BCUT2D eigenvalue weighted by Gasteiger charge is 2.29. The summed E-state index contributed by atoms with van der Waals surface area (Å²) in [6.45, 7) is 6.74.